The number of benzene rings is 2. The van der Waals surface area contributed by atoms with Crippen molar-refractivity contribution < 1.29 is 0 Å². The maximum Gasteiger partial charge on any atom is 0.217 e. The summed E-state index contributed by atoms with van der Waals surface area (Å²) in [5, 5.41) is 2.71. The summed E-state index contributed by atoms with van der Waals surface area (Å²) in [6.07, 6.45) is 2.14. The molecule has 0 aliphatic carbocycles. The molecule has 0 saturated carbocycles. The van der Waals surface area contributed by atoms with E-state index in [1.807, 2.05) is 0 Å². The summed E-state index contributed by atoms with van der Waals surface area (Å²) in [5.74, 6) is 0.597. The van der Waals surface area contributed by atoms with E-state index in [0.717, 1.165) is 18.9 Å². The topological polar surface area (TPSA) is 0 Å². The molecule has 0 fully saturated rings. The van der Waals surface area contributed by atoms with Crippen LogP contribution in [0.1, 0.15) is 38.8 Å². The zero-order valence-corrected chi connectivity index (χ0v) is 16.0. The van der Waals surface area contributed by atoms with Gasteiger partial charge in [-0.2, -0.15) is 11.1 Å². The fourth-order valence-electron chi connectivity index (χ4n) is 3.07. The molecule has 0 aromatic heterocycles. The summed E-state index contributed by atoms with van der Waals surface area (Å²) in [5.41, 5.74) is 2.82. The minimum absolute atomic E-state index is 0.597. The third kappa shape index (κ3) is 3.82. The zero-order chi connectivity index (χ0) is 16.2. The van der Waals surface area contributed by atoms with Crippen LogP contribution in [0.3, 0.4) is 0 Å². The van der Waals surface area contributed by atoms with Gasteiger partial charge in [-0.05, 0) is 46.3 Å². The van der Waals surface area contributed by atoms with E-state index in [0.29, 0.717) is 5.92 Å². The first-order chi connectivity index (χ1) is 10.5. The standard InChI is InChI=1S/C20H27ClSi/c1-5-17-12-18(6-2)14-20(13-17)22(21,15-16(3)4)19-10-8-7-9-11-19/h7-14,16H,5-6,15H2,1-4H3. The van der Waals surface area contributed by atoms with Crippen LogP contribution in [0.2, 0.25) is 6.04 Å². The molecular weight excluding hydrogens is 304 g/mol. The van der Waals surface area contributed by atoms with E-state index in [4.69, 9.17) is 11.1 Å². The second kappa shape index (κ2) is 7.48. The number of halogens is 1. The Kier molecular flexibility index (Phi) is 5.88. The molecule has 0 aliphatic rings. The maximum atomic E-state index is 7.38. The highest BCUT2D eigenvalue weighted by molar-refractivity contribution is 7.34. The molecule has 2 aromatic carbocycles. The van der Waals surface area contributed by atoms with Crippen LogP contribution in [0, 0.1) is 5.92 Å². The minimum atomic E-state index is -2.19. The molecule has 1 atom stereocenters. The SMILES string of the molecule is CCc1cc(CC)cc([Si](Cl)(CC(C)C)c2ccccc2)c1. The van der Waals surface area contributed by atoms with Crippen molar-refractivity contribution in [1.82, 2.24) is 0 Å². The third-order valence-corrected chi connectivity index (χ3v) is 9.85. The molecule has 0 aliphatic heterocycles. The van der Waals surface area contributed by atoms with Gasteiger partial charge in [0.15, 0.2) is 0 Å². The van der Waals surface area contributed by atoms with Crippen LogP contribution in [-0.4, -0.2) is 7.38 Å². The summed E-state index contributed by atoms with van der Waals surface area (Å²) < 4.78 is 0. The van der Waals surface area contributed by atoms with Gasteiger partial charge in [0.2, 0.25) is 7.38 Å². The predicted molar refractivity (Wildman–Crippen MR) is 102 cm³/mol. The molecule has 2 aromatic rings. The number of aryl methyl sites for hydroxylation is 2. The Hall–Kier alpha value is -1.05. The molecule has 2 heteroatoms. The summed E-state index contributed by atoms with van der Waals surface area (Å²) in [4.78, 5) is 0. The highest BCUT2D eigenvalue weighted by Crippen LogP contribution is 2.23. The van der Waals surface area contributed by atoms with Crippen molar-refractivity contribution in [3.05, 3.63) is 59.7 Å². The van der Waals surface area contributed by atoms with E-state index >= 15 is 0 Å². The molecule has 1 unspecified atom stereocenters. The number of hydrogen-bond donors (Lipinski definition) is 0. The lowest BCUT2D eigenvalue weighted by molar-refractivity contribution is 0.728. The quantitative estimate of drug-likeness (QED) is 0.529. The van der Waals surface area contributed by atoms with Crippen molar-refractivity contribution in [2.45, 2.75) is 46.6 Å². The van der Waals surface area contributed by atoms with Crippen molar-refractivity contribution in [3.63, 3.8) is 0 Å². The fraction of sp³-hybridized carbons (Fsp3) is 0.400. The van der Waals surface area contributed by atoms with Gasteiger partial charge in [0.25, 0.3) is 0 Å². The maximum absolute atomic E-state index is 7.38. The number of hydrogen-bond acceptors (Lipinski definition) is 0. The van der Waals surface area contributed by atoms with E-state index in [9.17, 15) is 0 Å². The average molecular weight is 331 g/mol. The molecule has 0 heterocycles. The predicted octanol–water partition coefficient (Wildman–Crippen LogP) is 4.77. The summed E-state index contributed by atoms with van der Waals surface area (Å²) >= 11 is 7.38. The molecule has 118 valence electrons. The summed E-state index contributed by atoms with van der Waals surface area (Å²) in [6, 6.07) is 18.8. The van der Waals surface area contributed by atoms with Crippen LogP contribution in [0.5, 0.6) is 0 Å². The second-order valence-corrected chi connectivity index (χ2v) is 11.6. The Morgan fingerprint density at radius 1 is 0.864 bits per heavy atom. The monoisotopic (exact) mass is 330 g/mol. The van der Waals surface area contributed by atoms with Crippen LogP contribution in [0.25, 0.3) is 0 Å². The van der Waals surface area contributed by atoms with Crippen molar-refractivity contribution >= 4 is 28.8 Å². The zero-order valence-electron chi connectivity index (χ0n) is 14.2. The lowest BCUT2D eigenvalue weighted by Gasteiger charge is -2.28. The van der Waals surface area contributed by atoms with Gasteiger partial charge in [-0.15, -0.1) is 0 Å². The molecule has 0 saturated heterocycles. The summed E-state index contributed by atoms with van der Waals surface area (Å²) in [7, 11) is -2.19. The lowest BCUT2D eigenvalue weighted by Crippen LogP contribution is -2.54. The lowest BCUT2D eigenvalue weighted by atomic mass is 10.1. The van der Waals surface area contributed by atoms with Gasteiger partial charge >= 0.3 is 0 Å². The molecular formula is C20H27ClSi. The minimum Gasteiger partial charge on any atom is -0.155 e. The van der Waals surface area contributed by atoms with Crippen LogP contribution < -0.4 is 10.4 Å². The van der Waals surface area contributed by atoms with E-state index < -0.39 is 7.38 Å². The average Bonchev–Trinajstić information content (AvgIpc) is 2.54. The van der Waals surface area contributed by atoms with Crippen LogP contribution in [0.15, 0.2) is 48.5 Å². The van der Waals surface area contributed by atoms with Gasteiger partial charge in [-0.1, -0.05) is 76.2 Å². The largest absolute Gasteiger partial charge is 0.217 e. The Labute approximate surface area is 141 Å². The Balaban J connectivity index is 2.59. The van der Waals surface area contributed by atoms with E-state index in [-0.39, 0.29) is 0 Å². The van der Waals surface area contributed by atoms with Crippen molar-refractivity contribution in [3.8, 4) is 0 Å². The first kappa shape index (κ1) is 17.3. The highest BCUT2D eigenvalue weighted by atomic mass is 35.6. The molecule has 2 rings (SSSR count). The van der Waals surface area contributed by atoms with Gasteiger partial charge in [-0.25, -0.2) is 0 Å². The Morgan fingerprint density at radius 2 is 1.41 bits per heavy atom. The normalized spacial score (nSPS) is 14.1. The molecule has 0 amide bonds. The molecule has 0 radical (unpaired) electrons. The van der Waals surface area contributed by atoms with Gasteiger partial charge in [-0.3, -0.25) is 0 Å². The smallest absolute Gasteiger partial charge is 0.155 e. The third-order valence-electron chi connectivity index (χ3n) is 4.25. The highest BCUT2D eigenvalue weighted by Gasteiger charge is 2.36. The van der Waals surface area contributed by atoms with E-state index in [2.05, 4.69) is 76.2 Å². The van der Waals surface area contributed by atoms with E-state index in [1.165, 1.54) is 21.5 Å². The molecule has 0 spiro atoms. The van der Waals surface area contributed by atoms with Crippen LogP contribution in [-0.2, 0) is 12.8 Å². The fourth-order valence-corrected chi connectivity index (χ4v) is 8.18. The van der Waals surface area contributed by atoms with Crippen LogP contribution in [0.4, 0.5) is 0 Å². The molecule has 0 bridgehead atoms. The van der Waals surface area contributed by atoms with Gasteiger partial charge < -0.3 is 0 Å². The van der Waals surface area contributed by atoms with Crippen LogP contribution >= 0.6 is 11.1 Å². The second-order valence-electron chi connectivity index (χ2n) is 6.51. The van der Waals surface area contributed by atoms with Gasteiger partial charge in [0.05, 0.1) is 0 Å². The molecule has 0 N–H and O–H groups in total. The van der Waals surface area contributed by atoms with E-state index in [1.54, 1.807) is 0 Å². The number of rotatable bonds is 6. The Morgan fingerprint density at radius 3 is 1.86 bits per heavy atom. The first-order valence-electron chi connectivity index (χ1n) is 8.37. The first-order valence-corrected chi connectivity index (χ1v) is 11.6. The van der Waals surface area contributed by atoms with Gasteiger partial charge in [0.1, 0.15) is 0 Å². The van der Waals surface area contributed by atoms with Crippen molar-refractivity contribution in [1.29, 1.82) is 0 Å². The van der Waals surface area contributed by atoms with Gasteiger partial charge in [0, 0.05) is 0 Å². The molecule has 0 nitrogen and oxygen atoms in total. The van der Waals surface area contributed by atoms with Crippen molar-refractivity contribution in [2.75, 3.05) is 0 Å². The van der Waals surface area contributed by atoms with Crippen molar-refractivity contribution in [2.24, 2.45) is 5.92 Å². The summed E-state index contributed by atoms with van der Waals surface area (Å²) in [6.45, 7) is 9.00. The molecule has 22 heavy (non-hydrogen) atoms. The Bertz CT molecular complexity index is 584.